The van der Waals surface area contributed by atoms with Crippen LogP contribution >= 0.6 is 0 Å². The summed E-state index contributed by atoms with van der Waals surface area (Å²) in [4.78, 5) is 11.2. The zero-order valence-electron chi connectivity index (χ0n) is 11.5. The van der Waals surface area contributed by atoms with Crippen LogP contribution in [-0.2, 0) is 10.8 Å². The van der Waals surface area contributed by atoms with Crippen LogP contribution in [0.1, 0.15) is 49.2 Å². The van der Waals surface area contributed by atoms with Crippen LogP contribution in [0.2, 0.25) is 0 Å². The third-order valence-electron chi connectivity index (χ3n) is 3.18. The van der Waals surface area contributed by atoms with Gasteiger partial charge in [0.25, 0.3) is 0 Å². The molecule has 98 valence electrons. The minimum atomic E-state index is -1.06. The molecule has 0 radical (unpaired) electrons. The van der Waals surface area contributed by atoms with Crippen molar-refractivity contribution >= 4 is 5.97 Å². The van der Waals surface area contributed by atoms with Gasteiger partial charge in [0.05, 0.1) is 28.5 Å². The molecule has 1 aromatic rings. The van der Waals surface area contributed by atoms with E-state index in [1.165, 1.54) is 12.1 Å². The van der Waals surface area contributed by atoms with E-state index in [-0.39, 0.29) is 5.56 Å². The fraction of sp³-hybridized carbons (Fsp3) is 0.400. The van der Waals surface area contributed by atoms with Gasteiger partial charge in [-0.2, -0.15) is 10.5 Å². The van der Waals surface area contributed by atoms with Gasteiger partial charge in [0.1, 0.15) is 0 Å². The Bertz CT molecular complexity index is 557. The average Bonchev–Trinajstić information content (AvgIpc) is 2.38. The average molecular weight is 256 g/mol. The predicted molar refractivity (Wildman–Crippen MR) is 70.7 cm³/mol. The Labute approximate surface area is 112 Å². The molecule has 0 aliphatic heterocycles. The van der Waals surface area contributed by atoms with Crippen LogP contribution in [0.3, 0.4) is 0 Å². The second-order valence-corrected chi connectivity index (χ2v) is 5.58. The van der Waals surface area contributed by atoms with Gasteiger partial charge in [-0.3, -0.25) is 0 Å². The Balaban J connectivity index is 3.58. The smallest absolute Gasteiger partial charge is 0.335 e. The molecule has 0 aliphatic rings. The highest BCUT2D eigenvalue weighted by Gasteiger charge is 2.27. The maximum Gasteiger partial charge on any atom is 0.335 e. The largest absolute Gasteiger partial charge is 0.478 e. The molecule has 1 rings (SSSR count). The van der Waals surface area contributed by atoms with Gasteiger partial charge in [0.15, 0.2) is 0 Å². The summed E-state index contributed by atoms with van der Waals surface area (Å²) in [5.74, 6) is -1.06. The molecule has 0 bridgehead atoms. The van der Waals surface area contributed by atoms with Crippen molar-refractivity contribution in [3.05, 3.63) is 34.9 Å². The first-order chi connectivity index (χ1) is 8.64. The fourth-order valence-corrected chi connectivity index (χ4v) is 1.60. The molecular formula is C15H16N2O2. The van der Waals surface area contributed by atoms with Crippen molar-refractivity contribution in [2.45, 2.75) is 38.5 Å². The number of rotatable bonds is 3. The van der Waals surface area contributed by atoms with Crippen LogP contribution in [0.15, 0.2) is 18.2 Å². The van der Waals surface area contributed by atoms with E-state index in [4.69, 9.17) is 15.6 Å². The first-order valence-electron chi connectivity index (χ1n) is 5.86. The molecule has 0 fully saturated rings. The molecule has 0 spiro atoms. The second-order valence-electron chi connectivity index (χ2n) is 5.58. The topological polar surface area (TPSA) is 84.9 Å². The van der Waals surface area contributed by atoms with E-state index in [0.717, 1.165) is 0 Å². The molecule has 0 heterocycles. The molecule has 0 aromatic heterocycles. The lowest BCUT2D eigenvalue weighted by Gasteiger charge is -2.22. The number of nitriles is 2. The molecular weight excluding hydrogens is 240 g/mol. The zero-order chi connectivity index (χ0) is 14.8. The normalized spacial score (nSPS) is 11.5. The number of benzene rings is 1. The molecule has 0 saturated heterocycles. The van der Waals surface area contributed by atoms with Gasteiger partial charge in [-0.1, -0.05) is 6.07 Å². The quantitative estimate of drug-likeness (QED) is 0.900. The molecule has 1 N–H and O–H groups in total. The van der Waals surface area contributed by atoms with Crippen molar-refractivity contribution in [3.8, 4) is 12.1 Å². The summed E-state index contributed by atoms with van der Waals surface area (Å²) < 4.78 is 0. The van der Waals surface area contributed by atoms with E-state index in [2.05, 4.69) is 12.1 Å². The Hall–Kier alpha value is -2.33. The number of carboxylic acids is 1. The Morgan fingerprint density at radius 2 is 1.37 bits per heavy atom. The van der Waals surface area contributed by atoms with E-state index < -0.39 is 16.8 Å². The zero-order valence-corrected chi connectivity index (χ0v) is 11.5. The van der Waals surface area contributed by atoms with Gasteiger partial charge < -0.3 is 5.11 Å². The van der Waals surface area contributed by atoms with Crippen molar-refractivity contribution in [3.63, 3.8) is 0 Å². The van der Waals surface area contributed by atoms with Crippen molar-refractivity contribution in [2.24, 2.45) is 0 Å². The first kappa shape index (κ1) is 14.7. The second kappa shape index (κ2) is 4.74. The molecule has 1 aromatic carbocycles. The number of carbonyl (C=O) groups is 1. The maximum atomic E-state index is 11.2. The van der Waals surface area contributed by atoms with Gasteiger partial charge in [0, 0.05) is 0 Å². The summed E-state index contributed by atoms with van der Waals surface area (Å²) in [7, 11) is 0. The van der Waals surface area contributed by atoms with Crippen molar-refractivity contribution in [2.75, 3.05) is 0 Å². The van der Waals surface area contributed by atoms with Gasteiger partial charge in [0.2, 0.25) is 0 Å². The van der Waals surface area contributed by atoms with Crippen molar-refractivity contribution in [1.82, 2.24) is 0 Å². The minimum Gasteiger partial charge on any atom is -0.478 e. The van der Waals surface area contributed by atoms with Crippen molar-refractivity contribution in [1.29, 1.82) is 10.5 Å². The summed E-state index contributed by atoms with van der Waals surface area (Å²) in [6.07, 6.45) is 0. The third-order valence-corrected chi connectivity index (χ3v) is 3.18. The molecule has 0 amide bonds. The Morgan fingerprint density at radius 3 is 1.63 bits per heavy atom. The summed E-state index contributed by atoms with van der Waals surface area (Å²) in [6, 6.07) is 9.00. The standard InChI is InChI=1S/C15H16N2O2/c1-14(2,8-16)11-5-10(13(18)19)6-12(7-11)15(3,4)9-17/h5-7H,1-4H3,(H,18,19). The highest BCUT2D eigenvalue weighted by Crippen LogP contribution is 2.30. The van der Waals surface area contributed by atoms with E-state index in [0.29, 0.717) is 11.1 Å². The number of aromatic carboxylic acids is 1. The maximum absolute atomic E-state index is 11.2. The molecule has 0 atom stereocenters. The van der Waals surface area contributed by atoms with Crippen LogP contribution < -0.4 is 0 Å². The lowest BCUT2D eigenvalue weighted by atomic mass is 9.79. The molecule has 0 unspecified atom stereocenters. The molecule has 0 saturated carbocycles. The van der Waals surface area contributed by atoms with Crippen LogP contribution in [0, 0.1) is 22.7 Å². The summed E-state index contributed by atoms with van der Waals surface area (Å²) in [6.45, 7) is 6.88. The SMILES string of the molecule is CC(C)(C#N)c1cc(C(=O)O)cc(C(C)(C)C#N)c1. The molecule has 4 nitrogen and oxygen atoms in total. The van der Waals surface area contributed by atoms with Gasteiger partial charge in [-0.15, -0.1) is 0 Å². The molecule has 0 aliphatic carbocycles. The highest BCUT2D eigenvalue weighted by molar-refractivity contribution is 5.88. The summed E-state index contributed by atoms with van der Waals surface area (Å²) in [5.41, 5.74) is -0.294. The summed E-state index contributed by atoms with van der Waals surface area (Å²) in [5, 5.41) is 27.5. The molecule has 19 heavy (non-hydrogen) atoms. The van der Waals surface area contributed by atoms with E-state index in [1.54, 1.807) is 33.8 Å². The first-order valence-corrected chi connectivity index (χ1v) is 5.86. The van der Waals surface area contributed by atoms with Gasteiger partial charge >= 0.3 is 5.97 Å². The van der Waals surface area contributed by atoms with Crippen molar-refractivity contribution < 1.29 is 9.90 Å². The number of carboxylic acid groups (broad SMARTS) is 1. The number of nitrogens with zero attached hydrogens (tertiary/aromatic N) is 2. The van der Waals surface area contributed by atoms with Crippen LogP contribution in [0.4, 0.5) is 0 Å². The van der Waals surface area contributed by atoms with E-state index >= 15 is 0 Å². The third kappa shape index (κ3) is 2.92. The Morgan fingerprint density at radius 1 is 1.00 bits per heavy atom. The van der Waals surface area contributed by atoms with E-state index in [9.17, 15) is 4.79 Å². The predicted octanol–water partition coefficient (Wildman–Crippen LogP) is 2.99. The van der Waals surface area contributed by atoms with Crippen LogP contribution in [-0.4, -0.2) is 11.1 Å². The monoisotopic (exact) mass is 256 g/mol. The summed E-state index contributed by atoms with van der Waals surface area (Å²) >= 11 is 0. The van der Waals surface area contributed by atoms with Crippen LogP contribution in [0.25, 0.3) is 0 Å². The number of hydrogen-bond acceptors (Lipinski definition) is 3. The van der Waals surface area contributed by atoms with Crippen LogP contribution in [0.5, 0.6) is 0 Å². The van der Waals surface area contributed by atoms with E-state index in [1.807, 2.05) is 0 Å². The lowest BCUT2D eigenvalue weighted by Crippen LogP contribution is -2.20. The molecule has 4 heteroatoms. The van der Waals surface area contributed by atoms with Gasteiger partial charge in [-0.05, 0) is 51.0 Å². The lowest BCUT2D eigenvalue weighted by molar-refractivity contribution is 0.0696. The fourth-order valence-electron chi connectivity index (χ4n) is 1.60. The highest BCUT2D eigenvalue weighted by atomic mass is 16.4. The number of hydrogen-bond donors (Lipinski definition) is 1. The van der Waals surface area contributed by atoms with Gasteiger partial charge in [-0.25, -0.2) is 4.79 Å². The Kier molecular flexibility index (Phi) is 3.68. The minimum absolute atomic E-state index is 0.0964.